The quantitative estimate of drug-likeness (QED) is 0.479. The van der Waals surface area contributed by atoms with Gasteiger partial charge in [-0.15, -0.1) is 0 Å². The first-order chi connectivity index (χ1) is 11.9. The summed E-state index contributed by atoms with van der Waals surface area (Å²) in [5, 5.41) is 4.76. The Kier molecular flexibility index (Phi) is 7.29. The highest BCUT2D eigenvalue weighted by molar-refractivity contribution is 9.10. The van der Waals surface area contributed by atoms with Crippen molar-refractivity contribution in [3.05, 3.63) is 62.0 Å². The maximum Gasteiger partial charge on any atom is 0.277 e. The van der Waals surface area contributed by atoms with Crippen LogP contribution in [0.2, 0.25) is 10.0 Å². The van der Waals surface area contributed by atoms with E-state index in [0.717, 1.165) is 4.47 Å². The predicted molar refractivity (Wildman–Crippen MR) is 106 cm³/mol. The Labute approximate surface area is 165 Å². The number of hydrazone groups is 1. The number of carbonyl (C=O) groups excluding carboxylic acids is 1. The summed E-state index contributed by atoms with van der Waals surface area (Å²) in [5.74, 6) is 0.622. The summed E-state index contributed by atoms with van der Waals surface area (Å²) in [6.45, 7) is 4.06. The van der Waals surface area contributed by atoms with Gasteiger partial charge in [0.25, 0.3) is 5.91 Å². The van der Waals surface area contributed by atoms with Gasteiger partial charge in [0.05, 0.1) is 20.7 Å². The van der Waals surface area contributed by atoms with Crippen LogP contribution in [0.3, 0.4) is 0 Å². The lowest BCUT2D eigenvalue weighted by molar-refractivity contribution is -0.123. The zero-order chi connectivity index (χ0) is 18.4. The molecule has 0 fully saturated rings. The average Bonchev–Trinajstić information content (AvgIpc) is 2.56. The van der Waals surface area contributed by atoms with Crippen LogP contribution in [-0.4, -0.2) is 18.7 Å². The van der Waals surface area contributed by atoms with Gasteiger partial charge in [0.1, 0.15) is 5.75 Å². The maximum atomic E-state index is 11.8. The fourth-order valence-electron chi connectivity index (χ4n) is 1.97. The molecule has 0 saturated heterocycles. The highest BCUT2D eigenvalue weighted by Gasteiger charge is 2.08. The minimum absolute atomic E-state index is 0.160. The van der Waals surface area contributed by atoms with E-state index in [4.69, 9.17) is 27.9 Å². The molecule has 0 aliphatic heterocycles. The molecule has 25 heavy (non-hydrogen) atoms. The van der Waals surface area contributed by atoms with Gasteiger partial charge < -0.3 is 4.74 Å². The average molecular weight is 444 g/mol. The van der Waals surface area contributed by atoms with Gasteiger partial charge in [0.15, 0.2) is 6.61 Å². The van der Waals surface area contributed by atoms with Gasteiger partial charge in [-0.3, -0.25) is 4.79 Å². The number of carbonyl (C=O) groups is 1. The molecule has 0 bridgehead atoms. The third-order valence-corrected chi connectivity index (χ3v) is 4.64. The molecule has 0 radical (unpaired) electrons. The summed E-state index contributed by atoms with van der Waals surface area (Å²) in [5.41, 5.74) is 4.10. The molecule has 0 spiro atoms. The molecular formula is C18H17BrCl2N2O2. The number of nitrogens with one attached hydrogen (secondary N) is 1. The first kappa shape index (κ1) is 19.8. The van der Waals surface area contributed by atoms with E-state index in [9.17, 15) is 4.79 Å². The Morgan fingerprint density at radius 1 is 1.28 bits per heavy atom. The molecule has 1 amide bonds. The molecule has 7 heteroatoms. The standard InChI is InChI=1S/C18H17BrCl2N2O2/c1-11(2)12-6-7-17(14(19)8-12)25-10-18(24)23-22-9-13-15(20)4-3-5-16(13)21/h3-9,11H,10H2,1-2H3,(H,23,24). The SMILES string of the molecule is CC(C)c1ccc(OCC(=O)NN=Cc2c(Cl)cccc2Cl)c(Br)c1. The summed E-state index contributed by atoms with van der Waals surface area (Å²) >= 11 is 15.5. The highest BCUT2D eigenvalue weighted by atomic mass is 79.9. The van der Waals surface area contributed by atoms with Gasteiger partial charge in [0.2, 0.25) is 0 Å². The molecule has 0 aromatic heterocycles. The van der Waals surface area contributed by atoms with E-state index in [1.807, 2.05) is 18.2 Å². The molecule has 0 heterocycles. The van der Waals surface area contributed by atoms with E-state index in [0.29, 0.717) is 27.3 Å². The largest absolute Gasteiger partial charge is 0.483 e. The van der Waals surface area contributed by atoms with Crippen LogP contribution < -0.4 is 10.2 Å². The molecule has 2 aromatic rings. The van der Waals surface area contributed by atoms with Crippen LogP contribution in [0.4, 0.5) is 0 Å². The van der Waals surface area contributed by atoms with Crippen molar-refractivity contribution in [3.8, 4) is 5.75 Å². The smallest absolute Gasteiger partial charge is 0.277 e. The van der Waals surface area contributed by atoms with Crippen LogP contribution in [0.15, 0.2) is 46.0 Å². The van der Waals surface area contributed by atoms with Crippen molar-refractivity contribution in [1.29, 1.82) is 0 Å². The zero-order valence-electron chi connectivity index (χ0n) is 13.7. The Morgan fingerprint density at radius 3 is 2.56 bits per heavy atom. The Bertz CT molecular complexity index is 774. The number of hydrogen-bond donors (Lipinski definition) is 1. The molecule has 0 aliphatic carbocycles. The van der Waals surface area contributed by atoms with E-state index in [2.05, 4.69) is 40.3 Å². The number of halogens is 3. The van der Waals surface area contributed by atoms with Gasteiger partial charge in [-0.05, 0) is 51.7 Å². The second-order valence-electron chi connectivity index (χ2n) is 5.56. The van der Waals surface area contributed by atoms with Crippen LogP contribution >= 0.6 is 39.1 Å². The number of ether oxygens (including phenoxy) is 1. The molecular weight excluding hydrogens is 427 g/mol. The van der Waals surface area contributed by atoms with Crippen molar-refractivity contribution in [2.45, 2.75) is 19.8 Å². The lowest BCUT2D eigenvalue weighted by Crippen LogP contribution is -2.24. The van der Waals surface area contributed by atoms with Crippen LogP contribution in [0.25, 0.3) is 0 Å². The Balaban J connectivity index is 1.90. The van der Waals surface area contributed by atoms with Crippen LogP contribution in [0.5, 0.6) is 5.75 Å². The molecule has 0 aliphatic rings. The number of nitrogens with zero attached hydrogens (tertiary/aromatic N) is 1. The van der Waals surface area contributed by atoms with Crippen LogP contribution in [0, 0.1) is 0 Å². The lowest BCUT2D eigenvalue weighted by Gasteiger charge is -2.10. The van der Waals surface area contributed by atoms with Crippen molar-refractivity contribution in [3.63, 3.8) is 0 Å². The van der Waals surface area contributed by atoms with Gasteiger partial charge in [-0.2, -0.15) is 5.10 Å². The molecule has 1 N–H and O–H groups in total. The summed E-state index contributed by atoms with van der Waals surface area (Å²) < 4.78 is 6.30. The highest BCUT2D eigenvalue weighted by Crippen LogP contribution is 2.28. The zero-order valence-corrected chi connectivity index (χ0v) is 16.8. The number of benzene rings is 2. The van der Waals surface area contributed by atoms with Crippen molar-refractivity contribution in [2.75, 3.05) is 6.61 Å². The molecule has 2 aromatic carbocycles. The van der Waals surface area contributed by atoms with E-state index in [1.54, 1.807) is 18.2 Å². The lowest BCUT2D eigenvalue weighted by atomic mass is 10.0. The molecule has 4 nitrogen and oxygen atoms in total. The Morgan fingerprint density at radius 2 is 1.96 bits per heavy atom. The molecule has 0 saturated carbocycles. The topological polar surface area (TPSA) is 50.7 Å². The van der Waals surface area contributed by atoms with Gasteiger partial charge in [0, 0.05) is 5.56 Å². The first-order valence-electron chi connectivity index (χ1n) is 7.56. The van der Waals surface area contributed by atoms with Crippen LogP contribution in [0.1, 0.15) is 30.9 Å². The second-order valence-corrected chi connectivity index (χ2v) is 7.23. The molecule has 132 valence electrons. The third-order valence-electron chi connectivity index (χ3n) is 3.36. The maximum absolute atomic E-state index is 11.8. The number of hydrogen-bond acceptors (Lipinski definition) is 3. The van der Waals surface area contributed by atoms with E-state index in [-0.39, 0.29) is 12.5 Å². The minimum Gasteiger partial charge on any atom is -0.483 e. The fraction of sp³-hybridized carbons (Fsp3) is 0.222. The summed E-state index contributed by atoms with van der Waals surface area (Å²) in [4.78, 5) is 11.8. The minimum atomic E-state index is -0.390. The monoisotopic (exact) mass is 442 g/mol. The molecule has 0 atom stereocenters. The normalized spacial score (nSPS) is 11.1. The third kappa shape index (κ3) is 5.73. The van der Waals surface area contributed by atoms with E-state index < -0.39 is 0 Å². The number of amides is 1. The summed E-state index contributed by atoms with van der Waals surface area (Å²) in [6.07, 6.45) is 1.40. The van der Waals surface area contributed by atoms with Crippen LogP contribution in [-0.2, 0) is 4.79 Å². The van der Waals surface area contributed by atoms with E-state index >= 15 is 0 Å². The van der Waals surface area contributed by atoms with Crippen molar-refractivity contribution >= 4 is 51.3 Å². The first-order valence-corrected chi connectivity index (χ1v) is 9.11. The van der Waals surface area contributed by atoms with Crippen molar-refractivity contribution in [2.24, 2.45) is 5.10 Å². The summed E-state index contributed by atoms with van der Waals surface area (Å²) in [7, 11) is 0. The predicted octanol–water partition coefficient (Wildman–Crippen LogP) is 5.41. The second kappa shape index (κ2) is 9.22. The van der Waals surface area contributed by atoms with Gasteiger partial charge >= 0.3 is 0 Å². The van der Waals surface area contributed by atoms with Gasteiger partial charge in [-0.25, -0.2) is 5.43 Å². The summed E-state index contributed by atoms with van der Waals surface area (Å²) in [6, 6.07) is 10.9. The molecule has 0 unspecified atom stereocenters. The van der Waals surface area contributed by atoms with Crippen molar-refractivity contribution < 1.29 is 9.53 Å². The van der Waals surface area contributed by atoms with E-state index in [1.165, 1.54) is 11.8 Å². The van der Waals surface area contributed by atoms with Gasteiger partial charge in [-0.1, -0.05) is 49.2 Å². The van der Waals surface area contributed by atoms with Crippen molar-refractivity contribution in [1.82, 2.24) is 5.43 Å². The molecule has 2 rings (SSSR count). The Hall–Kier alpha value is -1.56. The number of rotatable bonds is 6. The fourth-order valence-corrected chi connectivity index (χ4v) is 2.98.